The van der Waals surface area contributed by atoms with Crippen molar-refractivity contribution in [3.63, 3.8) is 0 Å². The van der Waals surface area contributed by atoms with Crippen molar-refractivity contribution in [1.82, 2.24) is 4.98 Å². The number of nitrogens with one attached hydrogen (secondary N) is 1. The fraction of sp³-hybridized carbons (Fsp3) is 0.400. The molecule has 7 heteroatoms. The first-order valence-corrected chi connectivity index (χ1v) is 10.6. The van der Waals surface area contributed by atoms with E-state index in [0.29, 0.717) is 29.4 Å². The highest BCUT2D eigenvalue weighted by atomic mass is 19.4. The second-order valence-corrected chi connectivity index (χ2v) is 8.31. The van der Waals surface area contributed by atoms with Gasteiger partial charge in [0.1, 0.15) is 11.6 Å². The third-order valence-corrected chi connectivity index (χ3v) is 6.02. The van der Waals surface area contributed by atoms with Gasteiger partial charge < -0.3 is 10.1 Å². The Morgan fingerprint density at radius 2 is 1.84 bits per heavy atom. The van der Waals surface area contributed by atoms with Crippen LogP contribution in [0.1, 0.15) is 50.4 Å². The molecular formula is C25H28F4N2O. The zero-order valence-electron chi connectivity index (χ0n) is 18.7. The van der Waals surface area contributed by atoms with Crippen LogP contribution in [0.25, 0.3) is 10.9 Å². The van der Waals surface area contributed by atoms with Gasteiger partial charge in [-0.15, -0.1) is 0 Å². The molecule has 0 aliphatic rings. The summed E-state index contributed by atoms with van der Waals surface area (Å²) in [5, 5.41) is 3.73. The van der Waals surface area contributed by atoms with Crippen molar-refractivity contribution in [2.45, 2.75) is 52.3 Å². The van der Waals surface area contributed by atoms with Gasteiger partial charge in [-0.25, -0.2) is 4.39 Å². The fourth-order valence-corrected chi connectivity index (χ4v) is 3.98. The molecule has 0 bridgehead atoms. The number of methoxy groups -OCH3 is 1. The molecule has 172 valence electrons. The number of alkyl halides is 3. The van der Waals surface area contributed by atoms with Gasteiger partial charge in [-0.3, -0.25) is 4.98 Å². The summed E-state index contributed by atoms with van der Waals surface area (Å²) in [6.45, 7) is 4.85. The Morgan fingerprint density at radius 1 is 1.09 bits per heavy atom. The molecule has 3 aromatic rings. The Morgan fingerprint density at radius 3 is 2.47 bits per heavy atom. The minimum Gasteiger partial charge on any atom is -0.497 e. The second kappa shape index (κ2) is 9.35. The van der Waals surface area contributed by atoms with Gasteiger partial charge in [-0.2, -0.15) is 13.2 Å². The first-order chi connectivity index (χ1) is 15.1. The molecule has 3 nitrogen and oxygen atoms in total. The number of halogens is 4. The number of ether oxygens (including phenoxy) is 1. The lowest BCUT2D eigenvalue weighted by Crippen LogP contribution is -2.44. The maximum atomic E-state index is 15.1. The number of hydrogen-bond donors (Lipinski definition) is 1. The van der Waals surface area contributed by atoms with Crippen molar-refractivity contribution in [3.8, 4) is 5.75 Å². The Labute approximate surface area is 185 Å². The number of rotatable bonds is 8. The largest absolute Gasteiger partial charge is 0.497 e. The molecule has 3 rings (SSSR count). The van der Waals surface area contributed by atoms with Crippen molar-refractivity contribution in [3.05, 3.63) is 65.6 Å². The van der Waals surface area contributed by atoms with Crippen molar-refractivity contribution < 1.29 is 22.3 Å². The summed E-state index contributed by atoms with van der Waals surface area (Å²) in [6, 6.07) is 11.5. The summed E-state index contributed by atoms with van der Waals surface area (Å²) in [7, 11) is 1.39. The minimum absolute atomic E-state index is 0.0567. The SMILES string of the molecule is CCCCC(C)(C(Nc1cccc2nc(C)ccc12)c1ccc(OC)cc1F)C(F)(F)F. The molecule has 0 aliphatic heterocycles. The van der Waals surface area contributed by atoms with Crippen LogP contribution in [0.4, 0.5) is 23.2 Å². The van der Waals surface area contributed by atoms with Crippen molar-refractivity contribution in [1.29, 1.82) is 0 Å². The molecule has 32 heavy (non-hydrogen) atoms. The van der Waals surface area contributed by atoms with Gasteiger partial charge in [0.2, 0.25) is 0 Å². The van der Waals surface area contributed by atoms with E-state index in [1.807, 2.05) is 19.9 Å². The third kappa shape index (κ3) is 4.66. The number of benzene rings is 2. The molecule has 0 radical (unpaired) electrons. The molecular weight excluding hydrogens is 420 g/mol. The molecule has 0 saturated carbocycles. The summed E-state index contributed by atoms with van der Waals surface area (Å²) >= 11 is 0. The number of pyridine rings is 1. The van der Waals surface area contributed by atoms with E-state index in [4.69, 9.17) is 4.74 Å². The minimum atomic E-state index is -4.56. The van der Waals surface area contributed by atoms with Gasteiger partial charge in [-0.05, 0) is 50.6 Å². The van der Waals surface area contributed by atoms with Crippen LogP contribution < -0.4 is 10.1 Å². The first kappa shape index (κ1) is 23.8. The molecule has 0 spiro atoms. The summed E-state index contributed by atoms with van der Waals surface area (Å²) in [5.41, 5.74) is -0.332. The van der Waals surface area contributed by atoms with Crippen LogP contribution in [-0.4, -0.2) is 18.3 Å². The summed E-state index contributed by atoms with van der Waals surface area (Å²) in [4.78, 5) is 4.46. The molecule has 1 aromatic heterocycles. The van der Waals surface area contributed by atoms with Gasteiger partial charge in [-0.1, -0.05) is 31.9 Å². The van der Waals surface area contributed by atoms with Crippen LogP contribution in [0.3, 0.4) is 0 Å². The predicted octanol–water partition coefficient (Wildman–Crippen LogP) is 7.60. The Kier molecular flexibility index (Phi) is 6.96. The summed E-state index contributed by atoms with van der Waals surface area (Å²) in [5.74, 6) is -0.500. The molecule has 1 heterocycles. The average Bonchev–Trinajstić information content (AvgIpc) is 2.75. The van der Waals surface area contributed by atoms with E-state index in [1.165, 1.54) is 19.2 Å². The normalized spacial score (nSPS) is 14.8. The third-order valence-electron chi connectivity index (χ3n) is 6.02. The highest BCUT2D eigenvalue weighted by Gasteiger charge is 2.56. The number of aryl methyl sites for hydroxylation is 1. The van der Waals surface area contributed by atoms with Gasteiger partial charge in [0.05, 0.1) is 24.1 Å². The summed E-state index contributed by atoms with van der Waals surface area (Å²) < 4.78 is 63.7. The lowest BCUT2D eigenvalue weighted by Gasteiger charge is -2.41. The summed E-state index contributed by atoms with van der Waals surface area (Å²) in [6.07, 6.45) is -3.74. The number of anilines is 1. The number of hydrogen-bond acceptors (Lipinski definition) is 3. The Bertz CT molecular complexity index is 1080. The first-order valence-electron chi connectivity index (χ1n) is 10.6. The van der Waals surface area contributed by atoms with E-state index in [-0.39, 0.29) is 17.7 Å². The molecule has 1 N–H and O–H groups in total. The quantitative estimate of drug-likeness (QED) is 0.360. The average molecular weight is 449 g/mol. The van der Waals surface area contributed by atoms with Gasteiger partial charge >= 0.3 is 6.18 Å². The van der Waals surface area contributed by atoms with Crippen molar-refractivity contribution in [2.24, 2.45) is 5.41 Å². The molecule has 2 aromatic carbocycles. The standard InChI is InChI=1S/C25H28F4N2O/c1-5-6-14-24(3,25(27,28)29)23(18-13-11-17(32-4)15-20(18)26)31-22-9-7-8-21-19(22)12-10-16(2)30-21/h7-13,15,23,31H,5-6,14H2,1-4H3. The van der Waals surface area contributed by atoms with E-state index in [0.717, 1.165) is 18.7 Å². The molecule has 2 unspecified atom stereocenters. The molecule has 0 amide bonds. The molecule has 0 saturated heterocycles. The zero-order valence-corrected chi connectivity index (χ0v) is 18.7. The smallest absolute Gasteiger partial charge is 0.396 e. The van der Waals surface area contributed by atoms with Crippen LogP contribution in [0.15, 0.2) is 48.5 Å². The van der Waals surface area contributed by atoms with Crippen LogP contribution in [0.5, 0.6) is 5.75 Å². The monoisotopic (exact) mass is 448 g/mol. The number of unbranched alkanes of at least 4 members (excludes halogenated alkanes) is 1. The van der Waals surface area contributed by atoms with Crippen LogP contribution in [-0.2, 0) is 0 Å². The highest BCUT2D eigenvalue weighted by molar-refractivity contribution is 5.91. The lowest BCUT2D eigenvalue weighted by atomic mass is 9.73. The topological polar surface area (TPSA) is 34.2 Å². The lowest BCUT2D eigenvalue weighted by molar-refractivity contribution is -0.227. The van der Waals surface area contributed by atoms with Crippen LogP contribution in [0.2, 0.25) is 0 Å². The van der Waals surface area contributed by atoms with Crippen LogP contribution in [0, 0.1) is 18.2 Å². The molecule has 0 fully saturated rings. The van der Waals surface area contributed by atoms with Gasteiger partial charge in [0.15, 0.2) is 0 Å². The Balaban J connectivity index is 2.19. The van der Waals surface area contributed by atoms with E-state index in [2.05, 4.69) is 10.3 Å². The fourth-order valence-electron chi connectivity index (χ4n) is 3.98. The number of nitrogens with zero attached hydrogens (tertiary/aromatic N) is 1. The molecule has 2 atom stereocenters. The molecule has 0 aliphatic carbocycles. The maximum absolute atomic E-state index is 15.1. The van der Waals surface area contributed by atoms with E-state index < -0.39 is 23.5 Å². The van der Waals surface area contributed by atoms with E-state index in [9.17, 15) is 13.2 Å². The second-order valence-electron chi connectivity index (χ2n) is 8.31. The van der Waals surface area contributed by atoms with Crippen molar-refractivity contribution in [2.75, 3.05) is 12.4 Å². The maximum Gasteiger partial charge on any atom is 0.396 e. The van der Waals surface area contributed by atoms with Crippen molar-refractivity contribution >= 4 is 16.6 Å². The highest BCUT2D eigenvalue weighted by Crippen LogP contribution is 2.52. The van der Waals surface area contributed by atoms with E-state index >= 15 is 4.39 Å². The number of fused-ring (bicyclic) bond motifs is 1. The van der Waals surface area contributed by atoms with Gasteiger partial charge in [0.25, 0.3) is 0 Å². The predicted molar refractivity (Wildman–Crippen MR) is 119 cm³/mol. The Hall–Kier alpha value is -2.83. The van der Waals surface area contributed by atoms with E-state index in [1.54, 1.807) is 24.3 Å². The van der Waals surface area contributed by atoms with Gasteiger partial charge in [0, 0.05) is 28.4 Å². The zero-order chi connectivity index (χ0) is 23.5. The number of aromatic nitrogens is 1. The van der Waals surface area contributed by atoms with Crippen LogP contribution >= 0.6 is 0 Å².